The molecule has 0 aliphatic heterocycles. The third kappa shape index (κ3) is 1.29. The first-order valence-electron chi connectivity index (χ1n) is 3.98. The van der Waals surface area contributed by atoms with Crippen molar-refractivity contribution < 1.29 is 4.79 Å². The number of hydrogen-bond acceptors (Lipinski definition) is 1. The van der Waals surface area contributed by atoms with Gasteiger partial charge in [-0.25, -0.2) is 0 Å². The topological polar surface area (TPSA) is 17.1 Å². The molecule has 1 atom stereocenters. The fraction of sp³-hybridized carbons (Fsp3) is 0.600. The van der Waals surface area contributed by atoms with Gasteiger partial charge in [-0.2, -0.15) is 0 Å². The minimum absolute atomic E-state index is 0.176. The van der Waals surface area contributed by atoms with E-state index in [4.69, 9.17) is 0 Å². The first kappa shape index (κ1) is 8.29. The van der Waals surface area contributed by atoms with Crippen LogP contribution in [0.1, 0.15) is 26.7 Å². The number of Topliss-reactive ketones (excluding diaryl/α,β-unsaturated/α-hetero) is 1. The van der Waals surface area contributed by atoms with E-state index in [1.807, 2.05) is 19.9 Å². The van der Waals surface area contributed by atoms with Gasteiger partial charge in [0.2, 0.25) is 0 Å². The average molecular weight is 150 g/mol. The fourth-order valence-corrected chi connectivity index (χ4v) is 1.61. The van der Waals surface area contributed by atoms with Crippen LogP contribution in [0.5, 0.6) is 0 Å². The summed E-state index contributed by atoms with van der Waals surface area (Å²) in [6.07, 6.45) is 3.61. The summed E-state index contributed by atoms with van der Waals surface area (Å²) in [7, 11) is 0. The first-order valence-corrected chi connectivity index (χ1v) is 3.98. The van der Waals surface area contributed by atoms with Crippen molar-refractivity contribution in [2.24, 2.45) is 11.3 Å². The second-order valence-corrected chi connectivity index (χ2v) is 3.66. The first-order chi connectivity index (χ1) is 5.09. The third-order valence-corrected chi connectivity index (χ3v) is 2.65. The molecule has 0 aromatic carbocycles. The van der Waals surface area contributed by atoms with Crippen molar-refractivity contribution in [1.82, 2.24) is 0 Å². The molecule has 0 amide bonds. The lowest BCUT2D eigenvalue weighted by Gasteiger charge is -2.21. The van der Waals surface area contributed by atoms with Crippen LogP contribution in [0, 0.1) is 11.3 Å². The SMILES string of the molecule is C=C=CC1CCC(=O)C1(C)C. The fourth-order valence-electron chi connectivity index (χ4n) is 1.61. The molecule has 1 unspecified atom stereocenters. The van der Waals surface area contributed by atoms with Crippen LogP contribution in [-0.2, 0) is 4.79 Å². The summed E-state index contributed by atoms with van der Waals surface area (Å²) < 4.78 is 0. The molecular weight excluding hydrogens is 136 g/mol. The predicted octanol–water partition coefficient (Wildman–Crippen LogP) is 2.33. The highest BCUT2D eigenvalue weighted by Crippen LogP contribution is 2.40. The predicted molar refractivity (Wildman–Crippen MR) is 45.2 cm³/mol. The lowest BCUT2D eigenvalue weighted by atomic mass is 9.81. The summed E-state index contributed by atoms with van der Waals surface area (Å²) in [5.74, 6) is 0.724. The largest absolute Gasteiger partial charge is 0.299 e. The molecule has 0 radical (unpaired) electrons. The highest BCUT2D eigenvalue weighted by atomic mass is 16.1. The van der Waals surface area contributed by atoms with Gasteiger partial charge >= 0.3 is 0 Å². The third-order valence-electron chi connectivity index (χ3n) is 2.65. The molecule has 1 aliphatic carbocycles. The minimum Gasteiger partial charge on any atom is -0.299 e. The van der Waals surface area contributed by atoms with E-state index >= 15 is 0 Å². The van der Waals surface area contributed by atoms with E-state index in [9.17, 15) is 4.79 Å². The van der Waals surface area contributed by atoms with E-state index in [-0.39, 0.29) is 5.41 Å². The Balaban J connectivity index is 2.86. The van der Waals surface area contributed by atoms with Gasteiger partial charge in [0.1, 0.15) is 5.78 Å². The van der Waals surface area contributed by atoms with Crippen LogP contribution in [0.3, 0.4) is 0 Å². The van der Waals surface area contributed by atoms with E-state index in [1.165, 1.54) is 0 Å². The Morgan fingerprint density at radius 2 is 2.36 bits per heavy atom. The Kier molecular flexibility index (Phi) is 2.01. The van der Waals surface area contributed by atoms with Crippen LogP contribution in [0.2, 0.25) is 0 Å². The number of hydrogen-bond donors (Lipinski definition) is 0. The van der Waals surface area contributed by atoms with E-state index in [0.717, 1.165) is 12.8 Å². The Morgan fingerprint density at radius 1 is 1.73 bits per heavy atom. The van der Waals surface area contributed by atoms with Crippen molar-refractivity contribution in [3.05, 3.63) is 18.4 Å². The van der Waals surface area contributed by atoms with Crippen LogP contribution in [0.25, 0.3) is 0 Å². The van der Waals surface area contributed by atoms with Crippen molar-refractivity contribution in [1.29, 1.82) is 0 Å². The van der Waals surface area contributed by atoms with Crippen LogP contribution >= 0.6 is 0 Å². The molecule has 1 fully saturated rings. The Labute approximate surface area is 67.8 Å². The zero-order chi connectivity index (χ0) is 8.48. The molecule has 1 aliphatic rings. The minimum atomic E-state index is -0.176. The maximum atomic E-state index is 11.3. The molecule has 0 bridgehead atoms. The standard InChI is InChI=1S/C10H14O/c1-4-5-8-6-7-9(11)10(8,2)3/h5,8H,1,6-7H2,2-3H3. The van der Waals surface area contributed by atoms with Crippen LogP contribution in [0.15, 0.2) is 18.4 Å². The maximum Gasteiger partial charge on any atom is 0.139 e. The molecule has 0 heterocycles. The summed E-state index contributed by atoms with van der Waals surface area (Å²) in [4.78, 5) is 11.3. The molecule has 11 heavy (non-hydrogen) atoms. The van der Waals surface area contributed by atoms with Crippen molar-refractivity contribution in [2.75, 3.05) is 0 Å². The van der Waals surface area contributed by atoms with Gasteiger partial charge in [0, 0.05) is 11.8 Å². The Morgan fingerprint density at radius 3 is 2.73 bits per heavy atom. The molecule has 0 aromatic rings. The highest BCUT2D eigenvalue weighted by Gasteiger charge is 2.40. The second kappa shape index (κ2) is 2.67. The van der Waals surface area contributed by atoms with Crippen LogP contribution in [-0.4, -0.2) is 5.78 Å². The number of carbonyl (C=O) groups is 1. The lowest BCUT2D eigenvalue weighted by molar-refractivity contribution is -0.124. The quantitative estimate of drug-likeness (QED) is 0.524. The Bertz CT molecular complexity index is 219. The molecule has 0 spiro atoms. The van der Waals surface area contributed by atoms with Crippen molar-refractivity contribution in [3.63, 3.8) is 0 Å². The van der Waals surface area contributed by atoms with Gasteiger partial charge in [-0.1, -0.05) is 20.4 Å². The number of ketones is 1. The van der Waals surface area contributed by atoms with Crippen molar-refractivity contribution >= 4 is 5.78 Å². The van der Waals surface area contributed by atoms with Gasteiger partial charge in [-0.05, 0) is 18.4 Å². The van der Waals surface area contributed by atoms with E-state index in [2.05, 4.69) is 12.3 Å². The van der Waals surface area contributed by atoms with E-state index in [0.29, 0.717) is 11.7 Å². The molecular formula is C10H14O. The van der Waals surface area contributed by atoms with Gasteiger partial charge in [0.05, 0.1) is 0 Å². The van der Waals surface area contributed by atoms with Gasteiger partial charge in [0.15, 0.2) is 0 Å². The molecule has 0 aromatic heterocycles. The molecule has 1 heteroatoms. The zero-order valence-corrected chi connectivity index (χ0v) is 7.18. The van der Waals surface area contributed by atoms with Crippen molar-refractivity contribution in [2.45, 2.75) is 26.7 Å². The summed E-state index contributed by atoms with van der Waals surface area (Å²) >= 11 is 0. The molecule has 1 rings (SSSR count). The molecule has 0 N–H and O–H groups in total. The molecule has 60 valence electrons. The number of rotatable bonds is 1. The summed E-state index contributed by atoms with van der Waals surface area (Å²) in [5.41, 5.74) is 2.58. The number of carbonyl (C=O) groups excluding carboxylic acids is 1. The maximum absolute atomic E-state index is 11.3. The number of allylic oxidation sites excluding steroid dienone is 1. The monoisotopic (exact) mass is 150 g/mol. The smallest absolute Gasteiger partial charge is 0.139 e. The average Bonchev–Trinajstić information content (AvgIpc) is 2.16. The van der Waals surface area contributed by atoms with Crippen LogP contribution < -0.4 is 0 Å². The van der Waals surface area contributed by atoms with Gasteiger partial charge in [-0.15, -0.1) is 5.73 Å². The van der Waals surface area contributed by atoms with E-state index in [1.54, 1.807) is 0 Å². The molecule has 1 saturated carbocycles. The second-order valence-electron chi connectivity index (χ2n) is 3.66. The summed E-state index contributed by atoms with van der Waals surface area (Å²) in [6, 6.07) is 0. The zero-order valence-electron chi connectivity index (χ0n) is 7.18. The van der Waals surface area contributed by atoms with Gasteiger partial charge < -0.3 is 0 Å². The van der Waals surface area contributed by atoms with Gasteiger partial charge in [0.25, 0.3) is 0 Å². The molecule has 1 nitrogen and oxygen atoms in total. The lowest BCUT2D eigenvalue weighted by Crippen LogP contribution is -2.23. The summed E-state index contributed by atoms with van der Waals surface area (Å²) in [5, 5.41) is 0. The van der Waals surface area contributed by atoms with Crippen molar-refractivity contribution in [3.8, 4) is 0 Å². The normalized spacial score (nSPS) is 28.2. The molecule has 0 saturated heterocycles. The van der Waals surface area contributed by atoms with Gasteiger partial charge in [-0.3, -0.25) is 4.79 Å². The Hall–Kier alpha value is -0.810. The van der Waals surface area contributed by atoms with E-state index < -0.39 is 0 Å². The highest BCUT2D eigenvalue weighted by molar-refractivity contribution is 5.86. The van der Waals surface area contributed by atoms with Crippen LogP contribution in [0.4, 0.5) is 0 Å². The summed E-state index contributed by atoms with van der Waals surface area (Å²) in [6.45, 7) is 7.52.